The minimum atomic E-state index is -1.78. The zero-order chi connectivity index (χ0) is 71.2. The van der Waals surface area contributed by atoms with E-state index in [4.69, 9.17) is 28.7 Å². The molecule has 2 heterocycles. The Kier molecular flexibility index (Phi) is 33.2. The Labute approximate surface area is 567 Å². The van der Waals surface area contributed by atoms with Crippen LogP contribution in [0.1, 0.15) is 69.4 Å². The SMILES string of the molecule is CSCC[C@H](NC(=O)[C@@H]1CCCN1C(=O)[C@H](CS)NC(=O)[C@H](C)NC(=O)[C@H](CCC(N)=O)NC(=O)[C@@H](N)Cc1ccccc1)C(=O)N[C@@H](CC(N)=O)C(=O)N[C@@H](CS)C(=O)N[C@@H](CCCN=C(N)N)C(=O)NCC(=O)N[C@@H](CO)C(=O)N[C@@H](Cc1c[nH]c2ccccc12)C(=O)O. The van der Waals surface area contributed by atoms with Crippen molar-refractivity contribution in [1.29, 1.82) is 0 Å². The number of para-hydroxylation sites is 1. The second kappa shape index (κ2) is 40.3. The average Bonchev–Trinajstić information content (AvgIpc) is 1.65. The molecule has 1 aliphatic rings. The molecule has 1 aliphatic heterocycles. The predicted molar refractivity (Wildman–Crippen MR) is 358 cm³/mol. The number of likely N-dealkylation sites (tertiary alicyclic amines) is 1. The number of guanidine groups is 1. The molecule has 2 aromatic carbocycles. The number of aliphatic hydroxyl groups excluding tert-OH is 1. The first-order valence-corrected chi connectivity index (χ1v) is 33.1. The summed E-state index contributed by atoms with van der Waals surface area (Å²) in [5.41, 5.74) is 29.9. The molecule has 3 aromatic rings. The Morgan fingerprint density at radius 1 is 0.646 bits per heavy atom. The fourth-order valence-corrected chi connectivity index (χ4v) is 10.8. The van der Waals surface area contributed by atoms with Gasteiger partial charge in [-0.15, -0.1) is 0 Å². The van der Waals surface area contributed by atoms with Crippen molar-refractivity contribution in [2.45, 2.75) is 138 Å². The number of aromatic nitrogens is 1. The molecule has 0 unspecified atom stereocenters. The number of thioether (sulfide) groups is 1. The minimum Gasteiger partial charge on any atom is -0.480 e. The molecule has 1 saturated heterocycles. The lowest BCUT2D eigenvalue weighted by atomic mass is 10.0. The molecule has 37 heteroatoms. The minimum absolute atomic E-state index is 0.0288. The molecule has 34 nitrogen and oxygen atoms in total. The van der Waals surface area contributed by atoms with Crippen LogP contribution in [0.15, 0.2) is 65.8 Å². The second-order valence-electron chi connectivity index (χ2n) is 22.3. The number of carbonyl (C=O) groups is 14. The first-order valence-electron chi connectivity index (χ1n) is 30.4. The van der Waals surface area contributed by atoms with Crippen LogP contribution >= 0.6 is 37.0 Å². The molecule has 13 amide bonds. The summed E-state index contributed by atoms with van der Waals surface area (Å²) < 4.78 is 0. The Hall–Kier alpha value is -9.20. The monoisotopic (exact) mass is 1400 g/mol. The molecule has 0 bridgehead atoms. The molecule has 0 radical (unpaired) electrons. The van der Waals surface area contributed by atoms with E-state index in [0.29, 0.717) is 17.4 Å². The fourth-order valence-electron chi connectivity index (χ4n) is 9.85. The van der Waals surface area contributed by atoms with Crippen molar-refractivity contribution < 1.29 is 77.3 Å². The maximum absolute atomic E-state index is 14.1. The molecule has 0 spiro atoms. The molecular formula is C59H86N18O16S3. The first kappa shape index (κ1) is 79.2. The van der Waals surface area contributed by atoms with Gasteiger partial charge >= 0.3 is 5.97 Å². The van der Waals surface area contributed by atoms with Gasteiger partial charge in [0.15, 0.2) is 5.96 Å². The summed E-state index contributed by atoms with van der Waals surface area (Å²) in [5, 5.41) is 44.8. The van der Waals surface area contributed by atoms with Crippen molar-refractivity contribution in [3.8, 4) is 0 Å². The third-order valence-electron chi connectivity index (χ3n) is 15.0. The van der Waals surface area contributed by atoms with Gasteiger partial charge in [0, 0.05) is 54.5 Å². The fraction of sp³-hybridized carbons (Fsp3) is 0.508. The number of hydrogen-bond donors (Lipinski definition) is 20. The number of H-pyrrole nitrogens is 1. The van der Waals surface area contributed by atoms with Crippen LogP contribution in [0, 0.1) is 0 Å². The van der Waals surface area contributed by atoms with E-state index >= 15 is 0 Å². The maximum atomic E-state index is 14.1. The van der Waals surface area contributed by atoms with Crippen LogP contribution < -0.4 is 81.8 Å². The third-order valence-corrected chi connectivity index (χ3v) is 16.4. The smallest absolute Gasteiger partial charge is 0.326 e. The molecule has 0 saturated carbocycles. The number of amides is 13. The van der Waals surface area contributed by atoms with Crippen LogP contribution in [0.5, 0.6) is 0 Å². The number of benzene rings is 2. The van der Waals surface area contributed by atoms with Gasteiger partial charge in [-0.05, 0) is 81.1 Å². The molecule has 23 N–H and O–H groups in total. The number of carboxylic acid groups (broad SMARTS) is 1. The van der Waals surface area contributed by atoms with Crippen LogP contribution in [0.2, 0.25) is 0 Å². The van der Waals surface area contributed by atoms with E-state index in [1.54, 1.807) is 67.0 Å². The molecule has 1 aromatic heterocycles. The molecule has 4 rings (SSSR count). The molecule has 526 valence electrons. The van der Waals surface area contributed by atoms with Crippen LogP contribution in [0.25, 0.3) is 10.9 Å². The van der Waals surface area contributed by atoms with Crippen LogP contribution in [0.4, 0.5) is 0 Å². The molecule has 11 atom stereocenters. The van der Waals surface area contributed by atoms with Crippen LogP contribution in [-0.2, 0) is 80.0 Å². The number of fused-ring (bicyclic) bond motifs is 1. The normalized spacial score (nSPS) is 15.7. The third kappa shape index (κ3) is 25.8. The average molecular weight is 1400 g/mol. The number of aliphatic imine (C=N–C) groups is 1. The van der Waals surface area contributed by atoms with E-state index in [1.807, 2.05) is 0 Å². The summed E-state index contributed by atoms with van der Waals surface area (Å²) in [7, 11) is 0. The van der Waals surface area contributed by atoms with Crippen molar-refractivity contribution in [1.82, 2.24) is 63.1 Å². The zero-order valence-electron chi connectivity index (χ0n) is 52.8. The van der Waals surface area contributed by atoms with Gasteiger partial charge in [0.25, 0.3) is 0 Å². The highest BCUT2D eigenvalue weighted by Crippen LogP contribution is 2.21. The van der Waals surface area contributed by atoms with E-state index in [0.717, 1.165) is 11.1 Å². The van der Waals surface area contributed by atoms with Gasteiger partial charge in [0.05, 0.1) is 25.6 Å². The number of aromatic amines is 1. The number of carboxylic acids is 1. The lowest BCUT2D eigenvalue weighted by Gasteiger charge is -2.30. The van der Waals surface area contributed by atoms with Crippen LogP contribution in [-0.4, -0.2) is 225 Å². The van der Waals surface area contributed by atoms with E-state index in [-0.39, 0.29) is 81.9 Å². The number of nitrogens with zero attached hydrogens (tertiary/aromatic N) is 2. The van der Waals surface area contributed by atoms with Gasteiger partial charge in [0.1, 0.15) is 60.4 Å². The van der Waals surface area contributed by atoms with Crippen LogP contribution in [0.3, 0.4) is 0 Å². The van der Waals surface area contributed by atoms with Gasteiger partial charge in [-0.2, -0.15) is 37.0 Å². The highest BCUT2D eigenvalue weighted by Gasteiger charge is 2.40. The summed E-state index contributed by atoms with van der Waals surface area (Å²) >= 11 is 9.76. The standard InChI is InChI=1S/C59H86N18O16S3/c1-30(68-51(85)37(16-17-45(61)79)70-49(83)34(60)22-31-10-4-3-5-11-31)48(82)76-43(29-95)57(91)77-20-9-15-44(77)56(90)72-38(18-21-96-2)52(86)73-39(24-46(62)80)53(87)75-42(28-94)55(89)71-36(14-8-19-65-59(63)64)50(84)67-26-47(81)69-41(27-78)54(88)74-40(58(92)93)23-32-25-66-35-13-7-6-12-33(32)35/h3-7,10-13,25,30,34,36-44,66,78,94-95H,8-9,14-24,26-29,60H2,1-2H3,(H2,61,79)(H2,62,80)(H,67,84)(H,68,85)(H,69,81)(H,70,83)(H,71,89)(H,72,90)(H,73,86)(H,74,88)(H,75,87)(H,76,82)(H,92,93)(H4,63,64,65)/t30-,34-,36-,37-,38-,39-,40-,41-,42-,43-,44-/m0/s1. The van der Waals surface area contributed by atoms with Crippen molar-refractivity contribution in [2.75, 3.05) is 49.8 Å². The van der Waals surface area contributed by atoms with Gasteiger partial charge in [-0.3, -0.25) is 67.3 Å². The van der Waals surface area contributed by atoms with Gasteiger partial charge < -0.3 is 102 Å². The van der Waals surface area contributed by atoms with Crippen molar-refractivity contribution >= 4 is 137 Å². The summed E-state index contributed by atoms with van der Waals surface area (Å²) in [5.74, 6) is -14.2. The van der Waals surface area contributed by atoms with E-state index < -0.39 is 175 Å². The number of nitrogens with one attached hydrogen (secondary N) is 11. The highest BCUT2D eigenvalue weighted by molar-refractivity contribution is 7.98. The number of aliphatic hydroxyl groups is 1. The number of carbonyl (C=O) groups excluding carboxylic acids is 13. The number of thiol groups is 2. The maximum Gasteiger partial charge on any atom is 0.326 e. The quantitative estimate of drug-likeness (QED) is 0.0109. The first-order chi connectivity index (χ1) is 45.6. The van der Waals surface area contributed by atoms with Crippen molar-refractivity contribution in [3.63, 3.8) is 0 Å². The molecular weight excluding hydrogens is 1310 g/mol. The lowest BCUT2D eigenvalue weighted by molar-refractivity contribution is -0.142. The topological polar surface area (TPSA) is 561 Å². The van der Waals surface area contributed by atoms with E-state index in [2.05, 4.69) is 88.4 Å². The summed E-state index contributed by atoms with van der Waals surface area (Å²) in [6.07, 6.45) is 2.13. The van der Waals surface area contributed by atoms with Gasteiger partial charge in [0.2, 0.25) is 76.8 Å². The Morgan fingerprint density at radius 3 is 1.85 bits per heavy atom. The number of primary amides is 2. The molecule has 96 heavy (non-hydrogen) atoms. The van der Waals surface area contributed by atoms with Gasteiger partial charge in [-0.1, -0.05) is 48.5 Å². The summed E-state index contributed by atoms with van der Waals surface area (Å²) in [6.45, 7) is -0.515. The number of hydrogen-bond acceptors (Lipinski definition) is 20. The highest BCUT2D eigenvalue weighted by atomic mass is 32.2. The Balaban J connectivity index is 1.39. The van der Waals surface area contributed by atoms with Crippen molar-refractivity contribution in [3.05, 3.63) is 71.9 Å². The van der Waals surface area contributed by atoms with Crippen molar-refractivity contribution in [2.24, 2.45) is 33.7 Å². The van der Waals surface area contributed by atoms with Gasteiger partial charge in [-0.25, -0.2) is 4.79 Å². The van der Waals surface area contributed by atoms with E-state index in [9.17, 15) is 77.3 Å². The summed E-state index contributed by atoms with van der Waals surface area (Å²) in [4.78, 5) is 195. The Bertz CT molecular complexity index is 3270. The molecule has 0 aliphatic carbocycles. The molecule has 1 fully saturated rings. The zero-order valence-corrected chi connectivity index (χ0v) is 55.4. The lowest BCUT2D eigenvalue weighted by Crippen LogP contribution is -2.61. The number of rotatable bonds is 41. The second-order valence-corrected chi connectivity index (χ2v) is 24.1. The number of nitrogens with two attached hydrogens (primary N) is 5. The Morgan fingerprint density at radius 2 is 1.22 bits per heavy atom. The van der Waals surface area contributed by atoms with E-state index in [1.165, 1.54) is 23.6 Å². The number of aliphatic carboxylic acids is 1. The predicted octanol–water partition coefficient (Wildman–Crippen LogP) is -6.35. The largest absolute Gasteiger partial charge is 0.480 e. The summed E-state index contributed by atoms with van der Waals surface area (Å²) in [6, 6.07) is 0.157.